The average molecular weight is 314 g/mol. The number of thioether (sulfide) groups is 1. The van der Waals surface area contributed by atoms with Gasteiger partial charge in [-0.25, -0.2) is 4.79 Å². The fraction of sp³-hybridized carbons (Fsp3) is 0.417. The quantitative estimate of drug-likeness (QED) is 0.848. The average Bonchev–Trinajstić information content (AvgIpc) is 2.97. The minimum absolute atomic E-state index is 0.00172. The lowest BCUT2D eigenvalue weighted by atomic mass is 10.2. The minimum atomic E-state index is -0.480. The molecule has 1 aliphatic heterocycles. The summed E-state index contributed by atoms with van der Waals surface area (Å²) in [6.45, 7) is 1.80. The first-order chi connectivity index (χ1) is 9.52. The van der Waals surface area contributed by atoms with Gasteiger partial charge in [0, 0.05) is 0 Å². The van der Waals surface area contributed by atoms with Crippen molar-refractivity contribution in [1.29, 1.82) is 0 Å². The molecule has 0 aliphatic carbocycles. The molecule has 2 rings (SSSR count). The van der Waals surface area contributed by atoms with Crippen molar-refractivity contribution in [2.24, 2.45) is 0 Å². The van der Waals surface area contributed by atoms with E-state index in [0.717, 1.165) is 5.56 Å². The molecule has 0 aromatic carbocycles. The number of hydrogen-bond donors (Lipinski definition) is 1. The van der Waals surface area contributed by atoms with Gasteiger partial charge in [-0.2, -0.15) is 0 Å². The first kappa shape index (κ1) is 14.9. The molecule has 8 heteroatoms. The zero-order valence-electron chi connectivity index (χ0n) is 11.1. The first-order valence-corrected chi connectivity index (χ1v) is 7.88. The van der Waals surface area contributed by atoms with E-state index in [1.165, 1.54) is 35.1 Å². The molecule has 6 nitrogen and oxygen atoms in total. The van der Waals surface area contributed by atoms with Gasteiger partial charge in [0.25, 0.3) is 0 Å². The molecule has 1 aliphatic rings. The van der Waals surface area contributed by atoms with E-state index < -0.39 is 5.97 Å². The molecular formula is C12H14N2O4S2. The Kier molecular flexibility index (Phi) is 4.66. The molecular weight excluding hydrogens is 300 g/mol. The number of rotatable bonds is 4. The molecule has 0 atom stereocenters. The zero-order valence-corrected chi connectivity index (χ0v) is 12.7. The summed E-state index contributed by atoms with van der Waals surface area (Å²) in [5, 5.41) is 4.47. The second-order valence-electron chi connectivity index (χ2n) is 4.23. The first-order valence-electron chi connectivity index (χ1n) is 5.84. The van der Waals surface area contributed by atoms with Gasteiger partial charge in [0.1, 0.15) is 11.4 Å². The zero-order chi connectivity index (χ0) is 14.7. The Labute approximate surface area is 124 Å². The Morgan fingerprint density at radius 1 is 1.50 bits per heavy atom. The summed E-state index contributed by atoms with van der Waals surface area (Å²) >= 11 is 2.70. The second-order valence-corrected chi connectivity index (χ2v) is 6.07. The number of carbonyl (C=O) groups excluding carboxylic acids is 3. The van der Waals surface area contributed by atoms with E-state index in [9.17, 15) is 14.4 Å². The molecule has 0 unspecified atom stereocenters. The Morgan fingerprint density at radius 3 is 2.85 bits per heavy atom. The molecule has 2 heterocycles. The van der Waals surface area contributed by atoms with Gasteiger partial charge in [-0.05, 0) is 17.9 Å². The summed E-state index contributed by atoms with van der Waals surface area (Å²) in [5.41, 5.74) is 1.26. The van der Waals surface area contributed by atoms with Gasteiger partial charge >= 0.3 is 5.97 Å². The summed E-state index contributed by atoms with van der Waals surface area (Å²) < 4.78 is 4.67. The molecule has 0 bridgehead atoms. The van der Waals surface area contributed by atoms with Gasteiger partial charge in [0.15, 0.2) is 0 Å². The van der Waals surface area contributed by atoms with Gasteiger partial charge in [0.05, 0.1) is 24.4 Å². The number of nitrogens with zero attached hydrogens (tertiary/aromatic N) is 1. The number of anilines is 1. The molecule has 108 valence electrons. The molecule has 1 N–H and O–H groups in total. The number of thiophene rings is 1. The molecule has 0 radical (unpaired) electrons. The monoisotopic (exact) mass is 314 g/mol. The Balaban J connectivity index is 2.06. The van der Waals surface area contributed by atoms with E-state index >= 15 is 0 Å². The van der Waals surface area contributed by atoms with E-state index in [1.54, 1.807) is 12.3 Å². The third-order valence-electron chi connectivity index (χ3n) is 2.77. The van der Waals surface area contributed by atoms with Crippen LogP contribution in [0.4, 0.5) is 5.69 Å². The Morgan fingerprint density at radius 2 is 2.25 bits per heavy atom. The van der Waals surface area contributed by atoms with Gasteiger partial charge in [-0.1, -0.05) is 0 Å². The molecule has 0 saturated carbocycles. The number of carbonyl (C=O) groups is 3. The highest BCUT2D eigenvalue weighted by atomic mass is 32.2. The van der Waals surface area contributed by atoms with Crippen molar-refractivity contribution in [3.05, 3.63) is 15.8 Å². The van der Waals surface area contributed by atoms with Crippen molar-refractivity contribution in [2.45, 2.75) is 6.92 Å². The number of methoxy groups -OCH3 is 1. The maximum atomic E-state index is 12.0. The molecule has 1 saturated heterocycles. The largest absolute Gasteiger partial charge is 0.465 e. The van der Waals surface area contributed by atoms with Crippen LogP contribution in [0.15, 0.2) is 5.38 Å². The maximum absolute atomic E-state index is 12.0. The molecule has 2 amide bonds. The van der Waals surface area contributed by atoms with Crippen LogP contribution in [0.5, 0.6) is 0 Å². The summed E-state index contributed by atoms with van der Waals surface area (Å²) in [6.07, 6.45) is 0. The third-order valence-corrected chi connectivity index (χ3v) is 4.79. The van der Waals surface area contributed by atoms with Crippen LogP contribution in [-0.4, -0.2) is 48.0 Å². The number of ether oxygens (including phenoxy) is 1. The summed E-state index contributed by atoms with van der Waals surface area (Å²) in [7, 11) is 1.29. The second kappa shape index (κ2) is 6.27. The van der Waals surface area contributed by atoms with Crippen molar-refractivity contribution < 1.29 is 19.1 Å². The van der Waals surface area contributed by atoms with Crippen LogP contribution in [0.25, 0.3) is 0 Å². The smallest absolute Gasteiger partial charge is 0.350 e. The molecule has 1 fully saturated rings. The Bertz CT molecular complexity index is 556. The third kappa shape index (κ3) is 3.13. The summed E-state index contributed by atoms with van der Waals surface area (Å²) in [4.78, 5) is 36.9. The number of esters is 1. The van der Waals surface area contributed by atoms with Gasteiger partial charge in [-0.15, -0.1) is 23.1 Å². The summed E-state index contributed by atoms with van der Waals surface area (Å²) in [6, 6.07) is 0. The fourth-order valence-corrected chi connectivity index (χ4v) is 3.56. The molecule has 1 aromatic heterocycles. The normalized spacial score (nSPS) is 14.5. The van der Waals surface area contributed by atoms with Crippen LogP contribution in [0.2, 0.25) is 0 Å². The van der Waals surface area contributed by atoms with E-state index in [1.807, 2.05) is 0 Å². The van der Waals surface area contributed by atoms with Crippen molar-refractivity contribution >= 4 is 46.6 Å². The van der Waals surface area contributed by atoms with Crippen molar-refractivity contribution in [3.63, 3.8) is 0 Å². The Hall–Kier alpha value is -1.54. The van der Waals surface area contributed by atoms with Crippen molar-refractivity contribution in [2.75, 3.05) is 30.6 Å². The predicted octanol–water partition coefficient (Wildman–Crippen LogP) is 1.31. The van der Waals surface area contributed by atoms with Crippen molar-refractivity contribution in [3.8, 4) is 0 Å². The number of aryl methyl sites for hydroxylation is 1. The van der Waals surface area contributed by atoms with E-state index in [2.05, 4.69) is 10.1 Å². The fourth-order valence-electron chi connectivity index (χ4n) is 1.74. The topological polar surface area (TPSA) is 75.7 Å². The van der Waals surface area contributed by atoms with Crippen molar-refractivity contribution in [1.82, 2.24) is 4.90 Å². The number of amides is 2. The summed E-state index contributed by atoms with van der Waals surface area (Å²) in [5.74, 6) is 0.107. The van der Waals surface area contributed by atoms with Gasteiger partial charge in [-0.3, -0.25) is 9.59 Å². The molecule has 20 heavy (non-hydrogen) atoms. The van der Waals surface area contributed by atoms with Gasteiger partial charge < -0.3 is 15.0 Å². The standard InChI is InChI=1S/C12H14N2O4S2/c1-7-4-20-11(12(17)18-2)10(7)13-8(15)3-14-6-19-5-9(14)16/h4H,3,5-6H2,1-2H3,(H,13,15). The lowest BCUT2D eigenvalue weighted by Crippen LogP contribution is -2.34. The van der Waals surface area contributed by atoms with Crippen LogP contribution >= 0.6 is 23.1 Å². The lowest BCUT2D eigenvalue weighted by molar-refractivity contribution is -0.130. The minimum Gasteiger partial charge on any atom is -0.465 e. The van der Waals surface area contributed by atoms with Crippen LogP contribution in [-0.2, 0) is 14.3 Å². The lowest BCUT2D eigenvalue weighted by Gasteiger charge is -2.14. The van der Waals surface area contributed by atoms with E-state index in [-0.39, 0.29) is 18.4 Å². The van der Waals surface area contributed by atoms with Gasteiger partial charge in [0.2, 0.25) is 11.8 Å². The van der Waals surface area contributed by atoms with Crippen LogP contribution < -0.4 is 5.32 Å². The predicted molar refractivity (Wildman–Crippen MR) is 78.1 cm³/mol. The highest BCUT2D eigenvalue weighted by molar-refractivity contribution is 8.00. The van der Waals surface area contributed by atoms with Crippen LogP contribution in [0, 0.1) is 6.92 Å². The van der Waals surface area contributed by atoms with E-state index in [4.69, 9.17) is 0 Å². The number of hydrogen-bond acceptors (Lipinski definition) is 6. The maximum Gasteiger partial charge on any atom is 0.350 e. The SMILES string of the molecule is COC(=O)c1scc(C)c1NC(=O)CN1CSCC1=O. The van der Waals surface area contributed by atoms with Crippen LogP contribution in [0.1, 0.15) is 15.2 Å². The number of nitrogens with one attached hydrogen (secondary N) is 1. The highest BCUT2D eigenvalue weighted by Gasteiger charge is 2.24. The van der Waals surface area contributed by atoms with E-state index in [0.29, 0.717) is 22.2 Å². The van der Waals surface area contributed by atoms with Crippen LogP contribution in [0.3, 0.4) is 0 Å². The molecule has 0 spiro atoms. The molecule has 1 aromatic rings. The highest BCUT2D eigenvalue weighted by Crippen LogP contribution is 2.28.